The summed E-state index contributed by atoms with van der Waals surface area (Å²) in [5.41, 5.74) is 1.26. The monoisotopic (exact) mass is 340 g/mol. The zero-order valence-corrected chi connectivity index (χ0v) is 11.6. The number of benzene rings is 2. The molecule has 0 aliphatic carbocycles. The minimum Gasteiger partial charge on any atom is -0.506 e. The Kier molecular flexibility index (Phi) is 2.33. The van der Waals surface area contributed by atoms with Crippen molar-refractivity contribution in [1.29, 1.82) is 0 Å². The molecular weight excluding hydrogens is 331 g/mol. The maximum atomic E-state index is 9.93. The van der Waals surface area contributed by atoms with E-state index in [9.17, 15) is 5.11 Å². The molecule has 1 nitrogen and oxygen atoms in total. The highest BCUT2D eigenvalue weighted by Crippen LogP contribution is 2.40. The molecule has 0 radical (unpaired) electrons. The van der Waals surface area contributed by atoms with E-state index in [4.69, 9.17) is 0 Å². The van der Waals surface area contributed by atoms with E-state index in [-0.39, 0.29) is 0 Å². The van der Waals surface area contributed by atoms with Crippen molar-refractivity contribution >= 4 is 54.1 Å². The lowest BCUT2D eigenvalue weighted by molar-refractivity contribution is 0.482. The third kappa shape index (κ3) is 1.50. The van der Waals surface area contributed by atoms with Crippen LogP contribution in [-0.2, 0) is 0 Å². The van der Waals surface area contributed by atoms with E-state index >= 15 is 0 Å². The van der Waals surface area contributed by atoms with Gasteiger partial charge in [0.15, 0.2) is 0 Å². The van der Waals surface area contributed by atoms with Crippen LogP contribution in [0.3, 0.4) is 0 Å². The molecule has 2 aromatic carbocycles. The van der Waals surface area contributed by atoms with Crippen LogP contribution in [0.1, 0.15) is 5.56 Å². The molecular formula is C13H9IOS. The molecule has 0 aliphatic rings. The van der Waals surface area contributed by atoms with Gasteiger partial charge in [-0.1, -0.05) is 11.6 Å². The van der Waals surface area contributed by atoms with E-state index in [0.717, 1.165) is 13.7 Å². The van der Waals surface area contributed by atoms with Crippen LogP contribution < -0.4 is 0 Å². The Hall–Kier alpha value is -0.810. The largest absolute Gasteiger partial charge is 0.506 e. The summed E-state index contributed by atoms with van der Waals surface area (Å²) < 4.78 is 3.29. The van der Waals surface area contributed by atoms with Gasteiger partial charge in [-0.05, 0) is 53.8 Å². The van der Waals surface area contributed by atoms with Gasteiger partial charge in [-0.3, -0.25) is 0 Å². The lowest BCUT2D eigenvalue weighted by Crippen LogP contribution is -1.73. The van der Waals surface area contributed by atoms with Crippen LogP contribution in [0.15, 0.2) is 30.3 Å². The molecule has 0 saturated carbocycles. The average molecular weight is 340 g/mol. The molecule has 3 heteroatoms. The number of rotatable bonds is 0. The first kappa shape index (κ1) is 10.4. The normalized spacial score (nSPS) is 11.4. The SMILES string of the molecule is Cc1ccc2sc3c(O)cc(I)cc3c2c1. The van der Waals surface area contributed by atoms with Gasteiger partial charge in [0.05, 0.1) is 4.70 Å². The molecule has 0 atom stereocenters. The second-order valence-electron chi connectivity index (χ2n) is 3.90. The first-order chi connectivity index (χ1) is 7.65. The summed E-state index contributed by atoms with van der Waals surface area (Å²) in [6, 6.07) is 10.4. The number of phenolic OH excluding ortho intramolecular Hbond substituents is 1. The Bertz CT molecular complexity index is 700. The zero-order valence-electron chi connectivity index (χ0n) is 8.62. The van der Waals surface area contributed by atoms with E-state index in [2.05, 4.69) is 53.8 Å². The van der Waals surface area contributed by atoms with Crippen LogP contribution in [-0.4, -0.2) is 5.11 Å². The van der Waals surface area contributed by atoms with Crippen molar-refractivity contribution in [2.45, 2.75) is 6.92 Å². The predicted octanol–water partition coefficient (Wildman–Crippen LogP) is 4.67. The highest BCUT2D eigenvalue weighted by atomic mass is 127. The molecule has 0 fully saturated rings. The fourth-order valence-corrected chi connectivity index (χ4v) is 3.62. The number of hydrogen-bond acceptors (Lipinski definition) is 2. The Morgan fingerprint density at radius 3 is 2.75 bits per heavy atom. The summed E-state index contributed by atoms with van der Waals surface area (Å²) in [6.45, 7) is 2.09. The Balaban J connectivity index is 2.57. The van der Waals surface area contributed by atoms with Crippen molar-refractivity contribution in [3.63, 3.8) is 0 Å². The van der Waals surface area contributed by atoms with Gasteiger partial charge in [-0.25, -0.2) is 0 Å². The van der Waals surface area contributed by atoms with Gasteiger partial charge in [-0.2, -0.15) is 0 Å². The molecule has 3 rings (SSSR count). The predicted molar refractivity (Wildman–Crippen MR) is 78.4 cm³/mol. The molecule has 1 N–H and O–H groups in total. The first-order valence-corrected chi connectivity index (χ1v) is 6.86. The Labute approximate surface area is 111 Å². The number of fused-ring (bicyclic) bond motifs is 3. The number of aromatic hydroxyl groups is 1. The Morgan fingerprint density at radius 1 is 1.12 bits per heavy atom. The minimum atomic E-state index is 0.390. The fourth-order valence-electron chi connectivity index (χ4n) is 1.94. The summed E-state index contributed by atoms with van der Waals surface area (Å²) in [5, 5.41) is 12.3. The molecule has 16 heavy (non-hydrogen) atoms. The van der Waals surface area contributed by atoms with Crippen molar-refractivity contribution in [1.82, 2.24) is 0 Å². The third-order valence-corrected chi connectivity index (χ3v) is 4.50. The minimum absolute atomic E-state index is 0.390. The Morgan fingerprint density at radius 2 is 1.94 bits per heavy atom. The summed E-state index contributed by atoms with van der Waals surface area (Å²) in [7, 11) is 0. The van der Waals surface area contributed by atoms with E-state index in [1.165, 1.54) is 15.6 Å². The molecule has 0 aliphatic heterocycles. The van der Waals surface area contributed by atoms with Crippen molar-refractivity contribution in [3.8, 4) is 5.75 Å². The topological polar surface area (TPSA) is 20.2 Å². The summed E-state index contributed by atoms with van der Waals surface area (Å²) in [4.78, 5) is 0. The fraction of sp³-hybridized carbons (Fsp3) is 0.0769. The van der Waals surface area contributed by atoms with Crippen LogP contribution in [0, 0.1) is 10.5 Å². The maximum Gasteiger partial charge on any atom is 0.134 e. The van der Waals surface area contributed by atoms with Crippen LogP contribution in [0.5, 0.6) is 5.75 Å². The lowest BCUT2D eigenvalue weighted by atomic mass is 10.1. The van der Waals surface area contributed by atoms with Crippen molar-refractivity contribution in [2.24, 2.45) is 0 Å². The van der Waals surface area contributed by atoms with Crippen molar-refractivity contribution in [3.05, 3.63) is 39.5 Å². The van der Waals surface area contributed by atoms with Gasteiger partial charge in [0.1, 0.15) is 5.75 Å². The molecule has 3 aromatic rings. The van der Waals surface area contributed by atoms with E-state index in [1.807, 2.05) is 6.07 Å². The van der Waals surface area contributed by atoms with Gasteiger partial charge in [0, 0.05) is 19.0 Å². The number of halogens is 1. The molecule has 1 heterocycles. The van der Waals surface area contributed by atoms with E-state index < -0.39 is 0 Å². The van der Waals surface area contributed by atoms with Crippen LogP contribution in [0.4, 0.5) is 0 Å². The number of thiophene rings is 1. The highest BCUT2D eigenvalue weighted by molar-refractivity contribution is 14.1. The quantitative estimate of drug-likeness (QED) is 0.590. The average Bonchev–Trinajstić information content (AvgIpc) is 2.57. The first-order valence-electron chi connectivity index (χ1n) is 4.96. The second-order valence-corrected chi connectivity index (χ2v) is 6.20. The van der Waals surface area contributed by atoms with Crippen LogP contribution in [0.2, 0.25) is 0 Å². The second kappa shape index (κ2) is 3.60. The smallest absolute Gasteiger partial charge is 0.134 e. The number of hydrogen-bond donors (Lipinski definition) is 1. The third-order valence-electron chi connectivity index (χ3n) is 2.67. The standard InChI is InChI=1S/C13H9IOS/c1-7-2-3-12-9(4-7)10-5-8(14)6-11(15)13(10)16-12/h2-6,15H,1H3. The number of phenols is 1. The van der Waals surface area contributed by atoms with Gasteiger partial charge in [0.2, 0.25) is 0 Å². The molecule has 0 amide bonds. The molecule has 80 valence electrons. The van der Waals surface area contributed by atoms with Gasteiger partial charge < -0.3 is 5.11 Å². The molecule has 0 unspecified atom stereocenters. The van der Waals surface area contributed by atoms with Crippen molar-refractivity contribution < 1.29 is 5.11 Å². The summed E-state index contributed by atoms with van der Waals surface area (Å²) in [5.74, 6) is 0.390. The van der Waals surface area contributed by atoms with Crippen LogP contribution >= 0.6 is 33.9 Å². The van der Waals surface area contributed by atoms with Crippen molar-refractivity contribution in [2.75, 3.05) is 0 Å². The molecule has 0 bridgehead atoms. The summed E-state index contributed by atoms with van der Waals surface area (Å²) in [6.07, 6.45) is 0. The van der Waals surface area contributed by atoms with E-state index in [0.29, 0.717) is 5.75 Å². The lowest BCUT2D eigenvalue weighted by Gasteiger charge is -1.97. The number of aryl methyl sites for hydroxylation is 1. The zero-order chi connectivity index (χ0) is 11.3. The van der Waals surface area contributed by atoms with Crippen LogP contribution in [0.25, 0.3) is 20.2 Å². The van der Waals surface area contributed by atoms with E-state index in [1.54, 1.807) is 11.3 Å². The van der Waals surface area contributed by atoms with Gasteiger partial charge in [0.25, 0.3) is 0 Å². The molecule has 0 spiro atoms. The van der Waals surface area contributed by atoms with Gasteiger partial charge >= 0.3 is 0 Å². The molecule has 1 aromatic heterocycles. The maximum absolute atomic E-state index is 9.93. The van der Waals surface area contributed by atoms with Gasteiger partial charge in [-0.15, -0.1) is 11.3 Å². The molecule has 0 saturated heterocycles. The highest BCUT2D eigenvalue weighted by Gasteiger charge is 2.09. The summed E-state index contributed by atoms with van der Waals surface area (Å²) >= 11 is 3.89.